The fourth-order valence-electron chi connectivity index (χ4n) is 1.73. The highest BCUT2D eigenvalue weighted by Gasteiger charge is 2.20. The molecule has 2 unspecified atom stereocenters. The zero-order valence-electron chi connectivity index (χ0n) is 7.66. The van der Waals surface area contributed by atoms with Crippen LogP contribution in [0.3, 0.4) is 0 Å². The van der Waals surface area contributed by atoms with Gasteiger partial charge in [-0.3, -0.25) is 0 Å². The van der Waals surface area contributed by atoms with E-state index >= 15 is 0 Å². The molecule has 0 aliphatic carbocycles. The summed E-state index contributed by atoms with van der Waals surface area (Å²) in [6.07, 6.45) is 5.26. The van der Waals surface area contributed by atoms with E-state index in [1.807, 2.05) is 4.31 Å². The third-order valence-electron chi connectivity index (χ3n) is 2.42. The molecule has 1 rings (SSSR count). The van der Waals surface area contributed by atoms with Gasteiger partial charge in [-0.05, 0) is 31.7 Å². The van der Waals surface area contributed by atoms with Crippen LogP contribution < -0.4 is 5.73 Å². The summed E-state index contributed by atoms with van der Waals surface area (Å²) in [6.45, 7) is 2.72. The Kier molecular flexibility index (Phi) is 4.18. The first-order valence-electron chi connectivity index (χ1n) is 4.52. The van der Waals surface area contributed by atoms with E-state index in [0.29, 0.717) is 5.92 Å². The first-order chi connectivity index (χ1) is 5.74. The molecule has 0 saturated carbocycles. The Balaban J connectivity index is 2.35. The number of piperidine rings is 1. The van der Waals surface area contributed by atoms with Crippen LogP contribution in [0.4, 0.5) is 0 Å². The van der Waals surface area contributed by atoms with Crippen LogP contribution in [0.2, 0.25) is 0 Å². The molecule has 0 bridgehead atoms. The molecule has 1 fully saturated rings. The zero-order chi connectivity index (χ0) is 8.97. The molecular formula is C8H18N2OS. The number of nitrogens with zero attached hydrogens (tertiary/aromatic N) is 1. The normalized spacial score (nSPS) is 28.7. The van der Waals surface area contributed by atoms with Crippen LogP contribution >= 0.6 is 0 Å². The average Bonchev–Trinajstić information content (AvgIpc) is 2.05. The molecule has 3 nitrogen and oxygen atoms in total. The third kappa shape index (κ3) is 2.84. The number of hydrogen-bond acceptors (Lipinski definition) is 2. The van der Waals surface area contributed by atoms with Gasteiger partial charge >= 0.3 is 0 Å². The lowest BCUT2D eigenvalue weighted by Gasteiger charge is -2.30. The summed E-state index contributed by atoms with van der Waals surface area (Å²) in [6, 6.07) is 0. The Hall–Kier alpha value is 0.0700. The maximum Gasteiger partial charge on any atom is 0.0910 e. The van der Waals surface area contributed by atoms with Crippen molar-refractivity contribution in [3.05, 3.63) is 0 Å². The van der Waals surface area contributed by atoms with E-state index in [-0.39, 0.29) is 0 Å². The van der Waals surface area contributed by atoms with Gasteiger partial charge in [-0.25, -0.2) is 8.51 Å². The molecule has 1 aliphatic rings. The lowest BCUT2D eigenvalue weighted by molar-refractivity contribution is 0.268. The number of hydrogen-bond donors (Lipinski definition) is 1. The quantitative estimate of drug-likeness (QED) is 0.697. The highest BCUT2D eigenvalue weighted by Crippen LogP contribution is 2.19. The van der Waals surface area contributed by atoms with Crippen LogP contribution in [0, 0.1) is 5.92 Å². The number of rotatable bonds is 3. The summed E-state index contributed by atoms with van der Waals surface area (Å²) in [5.41, 5.74) is 5.49. The SMILES string of the molecule is CS(=O)N1CCCC(CCN)C1. The Morgan fingerprint density at radius 3 is 3.00 bits per heavy atom. The molecule has 0 spiro atoms. The molecule has 72 valence electrons. The van der Waals surface area contributed by atoms with E-state index < -0.39 is 11.0 Å². The predicted molar refractivity (Wildman–Crippen MR) is 52.0 cm³/mol. The molecule has 12 heavy (non-hydrogen) atoms. The van der Waals surface area contributed by atoms with Gasteiger partial charge < -0.3 is 5.73 Å². The third-order valence-corrected chi connectivity index (χ3v) is 3.48. The second-order valence-electron chi connectivity index (χ2n) is 3.40. The second-order valence-corrected chi connectivity index (χ2v) is 4.76. The van der Waals surface area contributed by atoms with Crippen LogP contribution in [0.5, 0.6) is 0 Å². The Bertz CT molecular complexity index is 161. The average molecular weight is 190 g/mol. The molecule has 0 aromatic carbocycles. The van der Waals surface area contributed by atoms with Crippen LogP contribution in [-0.2, 0) is 11.0 Å². The van der Waals surface area contributed by atoms with Crippen molar-refractivity contribution in [2.75, 3.05) is 25.9 Å². The highest BCUT2D eigenvalue weighted by molar-refractivity contribution is 7.81. The van der Waals surface area contributed by atoms with Gasteiger partial charge in [0.2, 0.25) is 0 Å². The van der Waals surface area contributed by atoms with Crippen LogP contribution in [0.1, 0.15) is 19.3 Å². The van der Waals surface area contributed by atoms with E-state index in [4.69, 9.17) is 5.73 Å². The summed E-state index contributed by atoms with van der Waals surface area (Å²) in [5, 5.41) is 0. The topological polar surface area (TPSA) is 46.3 Å². The monoisotopic (exact) mass is 190 g/mol. The standard InChI is InChI=1S/C8H18N2OS/c1-12(11)10-6-2-3-8(7-10)4-5-9/h8H,2-7,9H2,1H3. The Morgan fingerprint density at radius 1 is 1.67 bits per heavy atom. The van der Waals surface area contributed by atoms with Crippen molar-refractivity contribution in [2.24, 2.45) is 11.7 Å². The molecule has 0 radical (unpaired) electrons. The van der Waals surface area contributed by atoms with Crippen molar-refractivity contribution in [1.82, 2.24) is 4.31 Å². The molecule has 2 atom stereocenters. The first-order valence-corrected chi connectivity index (χ1v) is 6.04. The fourth-order valence-corrected chi connectivity index (χ4v) is 2.54. The van der Waals surface area contributed by atoms with Gasteiger partial charge in [-0.2, -0.15) is 0 Å². The van der Waals surface area contributed by atoms with Crippen LogP contribution in [0.15, 0.2) is 0 Å². The molecule has 0 aromatic heterocycles. The Labute approximate surface area is 76.9 Å². The summed E-state index contributed by atoms with van der Waals surface area (Å²) in [7, 11) is -0.784. The molecule has 1 heterocycles. The van der Waals surface area contributed by atoms with E-state index in [1.165, 1.54) is 12.8 Å². The molecule has 1 saturated heterocycles. The van der Waals surface area contributed by atoms with E-state index in [1.54, 1.807) is 6.26 Å². The molecule has 0 amide bonds. The van der Waals surface area contributed by atoms with Gasteiger partial charge in [0.1, 0.15) is 0 Å². The molecule has 0 aromatic rings. The molecule has 2 N–H and O–H groups in total. The fraction of sp³-hybridized carbons (Fsp3) is 1.00. The second kappa shape index (κ2) is 4.94. The summed E-state index contributed by atoms with van der Waals surface area (Å²) in [4.78, 5) is 0. The van der Waals surface area contributed by atoms with E-state index in [2.05, 4.69) is 0 Å². The van der Waals surface area contributed by atoms with Crippen molar-refractivity contribution < 1.29 is 4.21 Å². The van der Waals surface area contributed by atoms with Gasteiger partial charge in [-0.15, -0.1) is 0 Å². The summed E-state index contributed by atoms with van der Waals surface area (Å²) < 4.78 is 13.2. The maximum atomic E-state index is 11.2. The van der Waals surface area contributed by atoms with Gasteiger partial charge in [-0.1, -0.05) is 0 Å². The van der Waals surface area contributed by atoms with Crippen molar-refractivity contribution >= 4 is 11.0 Å². The van der Waals surface area contributed by atoms with Gasteiger partial charge in [0, 0.05) is 19.3 Å². The molecular weight excluding hydrogens is 172 g/mol. The lowest BCUT2D eigenvalue weighted by Crippen LogP contribution is -2.36. The smallest absolute Gasteiger partial charge is 0.0910 e. The van der Waals surface area contributed by atoms with E-state index in [9.17, 15) is 4.21 Å². The minimum Gasteiger partial charge on any atom is -0.330 e. The van der Waals surface area contributed by atoms with Crippen molar-refractivity contribution in [2.45, 2.75) is 19.3 Å². The Morgan fingerprint density at radius 2 is 2.42 bits per heavy atom. The molecule has 4 heteroatoms. The summed E-state index contributed by atoms with van der Waals surface area (Å²) in [5.74, 6) is 0.674. The first kappa shape index (κ1) is 10.2. The minimum atomic E-state index is -0.784. The van der Waals surface area contributed by atoms with Crippen LogP contribution in [-0.4, -0.2) is 34.4 Å². The van der Waals surface area contributed by atoms with Gasteiger partial charge in [0.05, 0.1) is 11.0 Å². The van der Waals surface area contributed by atoms with Crippen molar-refractivity contribution in [3.63, 3.8) is 0 Å². The van der Waals surface area contributed by atoms with Gasteiger partial charge in [0.15, 0.2) is 0 Å². The largest absolute Gasteiger partial charge is 0.330 e. The number of nitrogens with two attached hydrogens (primary N) is 1. The maximum absolute atomic E-state index is 11.2. The molecule has 1 aliphatic heterocycles. The lowest BCUT2D eigenvalue weighted by atomic mass is 9.96. The van der Waals surface area contributed by atoms with Crippen molar-refractivity contribution in [1.29, 1.82) is 0 Å². The van der Waals surface area contributed by atoms with Gasteiger partial charge in [0.25, 0.3) is 0 Å². The van der Waals surface area contributed by atoms with E-state index in [0.717, 1.165) is 26.1 Å². The van der Waals surface area contributed by atoms with Crippen LogP contribution in [0.25, 0.3) is 0 Å². The minimum absolute atomic E-state index is 0.674. The predicted octanol–water partition coefficient (Wildman–Crippen LogP) is 0.341. The highest BCUT2D eigenvalue weighted by atomic mass is 32.2. The summed E-state index contributed by atoms with van der Waals surface area (Å²) >= 11 is 0. The van der Waals surface area contributed by atoms with Crippen molar-refractivity contribution in [3.8, 4) is 0 Å². The zero-order valence-corrected chi connectivity index (χ0v) is 8.48.